The van der Waals surface area contributed by atoms with Crippen LogP contribution in [0.1, 0.15) is 59.4 Å². The van der Waals surface area contributed by atoms with Gasteiger partial charge in [-0.25, -0.2) is 11.0 Å². The fourth-order valence-electron chi connectivity index (χ4n) is 3.49. The average molecular weight is 473 g/mol. The highest BCUT2D eigenvalue weighted by atomic mass is 16.5. The summed E-state index contributed by atoms with van der Waals surface area (Å²) in [5.74, 6) is 7.12. The number of nitrogens with two attached hydrogens (primary N) is 2. The summed E-state index contributed by atoms with van der Waals surface area (Å²) in [5, 5.41) is 16.7. The van der Waals surface area contributed by atoms with Crippen molar-refractivity contribution < 1.29 is 14.6 Å². The fourth-order valence-corrected chi connectivity index (χ4v) is 3.49. The Labute approximate surface area is 203 Å². The normalized spacial score (nSPS) is 13.6. The topological polar surface area (TPSA) is 139 Å². The summed E-state index contributed by atoms with van der Waals surface area (Å²) in [6.07, 6.45) is 7.25. The number of rotatable bonds is 7. The number of aliphatic hydroxyl groups is 1. The van der Waals surface area contributed by atoms with Gasteiger partial charge in [-0.2, -0.15) is 0 Å². The first kappa shape index (κ1) is 29.0. The Hall–Kier alpha value is -3.01. The Morgan fingerprint density at radius 1 is 1.29 bits per heavy atom. The number of hydrazine groups is 1. The monoisotopic (exact) mass is 472 g/mol. The molecule has 188 valence electrons. The zero-order chi connectivity index (χ0) is 25.3. The second-order valence-electron chi connectivity index (χ2n) is 8.17. The Morgan fingerprint density at radius 3 is 2.53 bits per heavy atom. The van der Waals surface area contributed by atoms with E-state index in [4.69, 9.17) is 21.4 Å². The first-order valence-electron chi connectivity index (χ1n) is 11.5. The van der Waals surface area contributed by atoms with Crippen molar-refractivity contribution in [3.05, 3.63) is 58.9 Å². The average Bonchev–Trinajstić information content (AvgIpc) is 2.85. The van der Waals surface area contributed by atoms with E-state index in [0.717, 1.165) is 17.4 Å². The van der Waals surface area contributed by atoms with Crippen LogP contribution in [0.25, 0.3) is 0 Å². The van der Waals surface area contributed by atoms with E-state index in [1.54, 1.807) is 33.2 Å². The number of hydrogen-bond donors (Lipinski definition) is 4. The van der Waals surface area contributed by atoms with Crippen LogP contribution < -0.4 is 21.6 Å². The molecule has 2 aromatic rings. The molecule has 1 saturated carbocycles. The van der Waals surface area contributed by atoms with Gasteiger partial charge < -0.3 is 20.9 Å². The third kappa shape index (κ3) is 11.7. The van der Waals surface area contributed by atoms with Gasteiger partial charge in [0, 0.05) is 31.5 Å². The summed E-state index contributed by atoms with van der Waals surface area (Å²) in [4.78, 5) is 14.6. The molecule has 6 N–H and O–H groups in total. The Bertz CT molecular complexity index is 883. The van der Waals surface area contributed by atoms with E-state index in [1.165, 1.54) is 37.7 Å². The zero-order valence-electron chi connectivity index (χ0n) is 20.8. The van der Waals surface area contributed by atoms with Crippen LogP contribution in [0.3, 0.4) is 0 Å². The molecule has 1 aromatic carbocycles. The maximum Gasteiger partial charge on any atom is 0.168 e. The predicted octanol–water partition coefficient (Wildman–Crippen LogP) is 2.60. The van der Waals surface area contributed by atoms with Crippen molar-refractivity contribution in [1.29, 1.82) is 0 Å². The van der Waals surface area contributed by atoms with E-state index in [2.05, 4.69) is 21.5 Å². The lowest BCUT2D eigenvalue weighted by Crippen LogP contribution is -2.25. The predicted molar refractivity (Wildman–Crippen MR) is 136 cm³/mol. The number of ether oxygens (including phenoxy) is 1. The van der Waals surface area contributed by atoms with Gasteiger partial charge in [-0.3, -0.25) is 9.78 Å². The number of pyridine rings is 1. The quantitative estimate of drug-likeness (QED) is 0.159. The third-order valence-electron chi connectivity index (χ3n) is 5.15. The molecular weight excluding hydrogens is 432 g/mol. The van der Waals surface area contributed by atoms with E-state index in [-0.39, 0.29) is 5.84 Å². The number of aryl methyl sites for hydroxylation is 1. The van der Waals surface area contributed by atoms with Gasteiger partial charge in [-0.1, -0.05) is 31.4 Å². The Balaban J connectivity index is 0.000000268. The number of hydrogen-bond acceptors (Lipinski definition) is 8. The van der Waals surface area contributed by atoms with Gasteiger partial charge in [-0.15, -0.1) is 5.10 Å². The number of aldehydes is 1. The largest absolute Gasteiger partial charge is 0.497 e. The summed E-state index contributed by atoms with van der Waals surface area (Å²) in [6.45, 7) is 3.08. The van der Waals surface area contributed by atoms with Crippen molar-refractivity contribution in [2.24, 2.45) is 22.6 Å². The van der Waals surface area contributed by atoms with Gasteiger partial charge in [0.2, 0.25) is 0 Å². The molecule has 1 aliphatic rings. The number of nitrogens with one attached hydrogen (secondary N) is 1. The lowest BCUT2D eigenvalue weighted by Gasteiger charge is -2.18. The third-order valence-corrected chi connectivity index (χ3v) is 5.15. The van der Waals surface area contributed by atoms with Gasteiger partial charge in [-0.05, 0) is 62.6 Å². The molecule has 0 unspecified atom stereocenters. The fraction of sp³-hybridized carbons (Fsp3) is 0.480. The van der Waals surface area contributed by atoms with Crippen LogP contribution in [-0.4, -0.2) is 55.1 Å². The second kappa shape index (κ2) is 16.6. The van der Waals surface area contributed by atoms with Crippen molar-refractivity contribution in [2.75, 3.05) is 27.8 Å². The Kier molecular flexibility index (Phi) is 14.2. The molecular formula is C25H40N6O3. The number of hydrazone groups is 1. The Morgan fingerprint density at radius 2 is 2.00 bits per heavy atom. The lowest BCUT2D eigenvalue weighted by atomic mass is 9.90. The molecule has 9 heteroatoms. The molecule has 9 nitrogen and oxygen atoms in total. The van der Waals surface area contributed by atoms with Crippen LogP contribution in [-0.2, 0) is 6.54 Å². The number of nitrogens with zero attached hydrogens (tertiary/aromatic N) is 3. The number of amidine groups is 1. The molecule has 34 heavy (non-hydrogen) atoms. The van der Waals surface area contributed by atoms with Crippen LogP contribution >= 0.6 is 0 Å². The van der Waals surface area contributed by atoms with Gasteiger partial charge in [0.05, 0.1) is 7.11 Å². The molecule has 0 aliphatic heterocycles. The number of benzene rings is 1. The second-order valence-corrected chi connectivity index (χ2v) is 8.17. The zero-order valence-corrected chi connectivity index (χ0v) is 20.8. The molecule has 0 radical (unpaired) electrons. The summed E-state index contributed by atoms with van der Waals surface area (Å²) >= 11 is 0. The highest BCUT2D eigenvalue weighted by Gasteiger charge is 2.10. The molecule has 3 rings (SSSR count). The minimum Gasteiger partial charge on any atom is -0.497 e. The van der Waals surface area contributed by atoms with Crippen LogP contribution in [0, 0.1) is 12.8 Å². The smallest absolute Gasteiger partial charge is 0.168 e. The van der Waals surface area contributed by atoms with Gasteiger partial charge >= 0.3 is 0 Å². The molecule has 0 amide bonds. The molecule has 0 atom stereocenters. The number of aromatic nitrogens is 1. The van der Waals surface area contributed by atoms with Crippen LogP contribution in [0.5, 0.6) is 5.75 Å². The first-order chi connectivity index (χ1) is 16.3. The first-order valence-corrected chi connectivity index (χ1v) is 11.5. The highest BCUT2D eigenvalue weighted by molar-refractivity contribution is 5.98. The standard InChI is InChI=1S/C9H13N5O.C9H13NO.C7H14O/c1-6-3-7(4-8(5-15)12-6)9(10)13-14(2)11;1-10-7-8-4-3-5-9(6-8)11-2;8-6-7-4-2-1-3-5-7/h3-5H,11H2,1-2H3,(H2,10,13);3-6,10H,7H2,1-2H3;7-8H,1-6H2. The molecule has 0 saturated heterocycles. The van der Waals surface area contributed by atoms with E-state index in [1.807, 2.05) is 25.2 Å². The minimum absolute atomic E-state index is 0.244. The van der Waals surface area contributed by atoms with Gasteiger partial charge in [0.1, 0.15) is 11.4 Å². The highest BCUT2D eigenvalue weighted by Crippen LogP contribution is 2.22. The maximum atomic E-state index is 10.6. The van der Waals surface area contributed by atoms with E-state index in [0.29, 0.717) is 35.8 Å². The number of aliphatic hydroxyl groups excluding tert-OH is 1. The van der Waals surface area contributed by atoms with E-state index in [9.17, 15) is 4.79 Å². The molecule has 0 spiro atoms. The number of carbonyl (C=O) groups is 1. The van der Waals surface area contributed by atoms with Crippen molar-refractivity contribution in [3.63, 3.8) is 0 Å². The van der Waals surface area contributed by atoms with Crippen molar-refractivity contribution in [1.82, 2.24) is 15.4 Å². The van der Waals surface area contributed by atoms with Crippen molar-refractivity contribution >= 4 is 12.1 Å². The summed E-state index contributed by atoms with van der Waals surface area (Å²) in [6, 6.07) is 11.3. The lowest BCUT2D eigenvalue weighted by molar-refractivity contribution is 0.111. The molecule has 1 fully saturated rings. The summed E-state index contributed by atoms with van der Waals surface area (Å²) in [5.41, 5.74) is 8.57. The molecule has 1 aromatic heterocycles. The van der Waals surface area contributed by atoms with E-state index < -0.39 is 0 Å². The van der Waals surface area contributed by atoms with Gasteiger partial charge in [0.15, 0.2) is 12.1 Å². The summed E-state index contributed by atoms with van der Waals surface area (Å²) in [7, 11) is 5.17. The molecule has 1 heterocycles. The van der Waals surface area contributed by atoms with Crippen molar-refractivity contribution in [2.45, 2.75) is 45.6 Å². The SMILES string of the molecule is CNCc1cccc(OC)c1.Cc1cc(/C(N)=N/N(C)N)cc(C=O)n1.OCC1CCCCC1. The molecule has 1 aliphatic carbocycles. The number of methoxy groups -OCH3 is 1. The van der Waals surface area contributed by atoms with Crippen LogP contribution in [0.4, 0.5) is 0 Å². The van der Waals surface area contributed by atoms with Crippen LogP contribution in [0.2, 0.25) is 0 Å². The van der Waals surface area contributed by atoms with Crippen LogP contribution in [0.15, 0.2) is 41.5 Å². The van der Waals surface area contributed by atoms with E-state index >= 15 is 0 Å². The van der Waals surface area contributed by atoms with Crippen molar-refractivity contribution in [3.8, 4) is 5.75 Å². The molecule has 0 bridgehead atoms. The minimum atomic E-state index is 0.244. The summed E-state index contributed by atoms with van der Waals surface area (Å²) < 4.78 is 5.07. The number of carbonyl (C=O) groups excluding carboxylic acids is 1. The maximum absolute atomic E-state index is 10.6. The van der Waals surface area contributed by atoms with Gasteiger partial charge in [0.25, 0.3) is 0 Å².